The third-order valence-electron chi connectivity index (χ3n) is 2.62. The molecule has 0 aliphatic heterocycles. The van der Waals surface area contributed by atoms with Gasteiger partial charge in [0.2, 0.25) is 5.91 Å². The molecule has 5 nitrogen and oxygen atoms in total. The maximum Gasteiger partial charge on any atom is 0.308 e. The standard InChI is InChI=1S/C13H21NO4/c1-3-4-8-17-10(2)12(15)14-7-9-18-13(16)11-5-6-11/h3,10-11H,1,4-9H2,2H3,(H,14,15)/t10-/m1/s1. The number of amides is 1. The van der Waals surface area contributed by atoms with Crippen molar-refractivity contribution in [1.82, 2.24) is 5.32 Å². The second kappa shape index (κ2) is 7.87. The molecule has 0 saturated heterocycles. The highest BCUT2D eigenvalue weighted by molar-refractivity contribution is 5.80. The normalized spacial score (nSPS) is 15.8. The van der Waals surface area contributed by atoms with E-state index in [0.29, 0.717) is 13.2 Å². The van der Waals surface area contributed by atoms with Crippen molar-refractivity contribution in [1.29, 1.82) is 0 Å². The number of esters is 1. The van der Waals surface area contributed by atoms with Gasteiger partial charge in [-0.05, 0) is 26.2 Å². The lowest BCUT2D eigenvalue weighted by atomic mass is 10.3. The summed E-state index contributed by atoms with van der Waals surface area (Å²) in [5, 5.41) is 2.66. The SMILES string of the molecule is C=CCCO[C@H](C)C(=O)NCCOC(=O)C1CC1. The van der Waals surface area contributed by atoms with E-state index in [0.717, 1.165) is 19.3 Å². The fraction of sp³-hybridized carbons (Fsp3) is 0.692. The highest BCUT2D eigenvalue weighted by atomic mass is 16.5. The monoisotopic (exact) mass is 255 g/mol. The zero-order valence-electron chi connectivity index (χ0n) is 10.8. The molecule has 0 bridgehead atoms. The highest BCUT2D eigenvalue weighted by Gasteiger charge is 2.31. The molecule has 1 saturated carbocycles. The number of carbonyl (C=O) groups is 2. The van der Waals surface area contributed by atoms with Gasteiger partial charge in [-0.3, -0.25) is 9.59 Å². The minimum Gasteiger partial charge on any atom is -0.464 e. The molecule has 0 unspecified atom stereocenters. The Morgan fingerprint density at radius 1 is 1.44 bits per heavy atom. The van der Waals surface area contributed by atoms with E-state index >= 15 is 0 Å². The number of hydrogen-bond acceptors (Lipinski definition) is 4. The third kappa shape index (κ3) is 5.82. The second-order valence-electron chi connectivity index (χ2n) is 4.32. The van der Waals surface area contributed by atoms with Gasteiger partial charge in [0.05, 0.1) is 19.1 Å². The van der Waals surface area contributed by atoms with Gasteiger partial charge >= 0.3 is 5.97 Å². The van der Waals surface area contributed by atoms with Crippen molar-refractivity contribution in [3.05, 3.63) is 12.7 Å². The fourth-order valence-electron chi connectivity index (χ4n) is 1.31. The van der Waals surface area contributed by atoms with Crippen LogP contribution in [0.3, 0.4) is 0 Å². The molecule has 1 atom stereocenters. The van der Waals surface area contributed by atoms with Gasteiger partial charge in [-0.25, -0.2) is 0 Å². The molecule has 5 heteroatoms. The van der Waals surface area contributed by atoms with Crippen LogP contribution in [0.1, 0.15) is 26.2 Å². The summed E-state index contributed by atoms with van der Waals surface area (Å²) in [5.41, 5.74) is 0. The van der Waals surface area contributed by atoms with Crippen LogP contribution in [0.15, 0.2) is 12.7 Å². The van der Waals surface area contributed by atoms with Crippen LogP contribution < -0.4 is 5.32 Å². The molecule has 1 aliphatic rings. The van der Waals surface area contributed by atoms with Gasteiger partial charge in [0, 0.05) is 0 Å². The Hall–Kier alpha value is -1.36. The summed E-state index contributed by atoms with van der Waals surface area (Å²) in [6, 6.07) is 0. The number of nitrogens with one attached hydrogen (secondary N) is 1. The van der Waals surface area contributed by atoms with E-state index in [1.54, 1.807) is 13.0 Å². The number of hydrogen-bond donors (Lipinski definition) is 1. The van der Waals surface area contributed by atoms with Gasteiger partial charge < -0.3 is 14.8 Å². The molecule has 18 heavy (non-hydrogen) atoms. The first-order valence-corrected chi connectivity index (χ1v) is 6.32. The van der Waals surface area contributed by atoms with Crippen LogP contribution in [0.4, 0.5) is 0 Å². The summed E-state index contributed by atoms with van der Waals surface area (Å²) in [6.07, 6.45) is 3.82. The maximum absolute atomic E-state index is 11.5. The predicted octanol–water partition coefficient (Wildman–Crippen LogP) is 1.04. The smallest absolute Gasteiger partial charge is 0.308 e. The van der Waals surface area contributed by atoms with Crippen LogP contribution in [0.2, 0.25) is 0 Å². The third-order valence-corrected chi connectivity index (χ3v) is 2.62. The fourth-order valence-corrected chi connectivity index (χ4v) is 1.31. The maximum atomic E-state index is 11.5. The average Bonchev–Trinajstić information content (AvgIpc) is 3.18. The molecule has 0 heterocycles. The zero-order valence-corrected chi connectivity index (χ0v) is 10.8. The van der Waals surface area contributed by atoms with Gasteiger partial charge in [0.25, 0.3) is 0 Å². The van der Waals surface area contributed by atoms with Gasteiger partial charge in [-0.1, -0.05) is 6.08 Å². The molecule has 0 radical (unpaired) electrons. The summed E-state index contributed by atoms with van der Waals surface area (Å²) in [6.45, 7) is 6.29. The lowest BCUT2D eigenvalue weighted by Gasteiger charge is -2.12. The van der Waals surface area contributed by atoms with Crippen LogP contribution in [-0.4, -0.2) is 37.7 Å². The van der Waals surface area contributed by atoms with Crippen molar-refractivity contribution in [3.8, 4) is 0 Å². The Bertz CT molecular complexity index is 299. The second-order valence-corrected chi connectivity index (χ2v) is 4.32. The largest absolute Gasteiger partial charge is 0.464 e. The van der Waals surface area contributed by atoms with Crippen molar-refractivity contribution in [3.63, 3.8) is 0 Å². The van der Waals surface area contributed by atoms with Crippen LogP contribution in [0.5, 0.6) is 0 Å². The van der Waals surface area contributed by atoms with E-state index < -0.39 is 6.10 Å². The number of rotatable bonds is 9. The zero-order chi connectivity index (χ0) is 13.4. The van der Waals surface area contributed by atoms with Crippen molar-refractivity contribution < 1.29 is 19.1 Å². The summed E-state index contributed by atoms with van der Waals surface area (Å²) in [5.74, 6) is -0.247. The molecule has 0 spiro atoms. The van der Waals surface area contributed by atoms with Crippen LogP contribution in [0, 0.1) is 5.92 Å². The summed E-state index contributed by atoms with van der Waals surface area (Å²) >= 11 is 0. The van der Waals surface area contributed by atoms with Crippen LogP contribution >= 0.6 is 0 Å². The first-order chi connectivity index (χ1) is 8.65. The molecule has 1 amide bonds. The lowest BCUT2D eigenvalue weighted by Crippen LogP contribution is -2.36. The van der Waals surface area contributed by atoms with Crippen molar-refractivity contribution in [2.24, 2.45) is 5.92 Å². The molecule has 0 aromatic carbocycles. The topological polar surface area (TPSA) is 64.6 Å². The molecular formula is C13H21NO4. The van der Waals surface area contributed by atoms with E-state index in [1.165, 1.54) is 0 Å². The summed E-state index contributed by atoms with van der Waals surface area (Å²) < 4.78 is 10.3. The van der Waals surface area contributed by atoms with Crippen LogP contribution in [0.25, 0.3) is 0 Å². The average molecular weight is 255 g/mol. The van der Waals surface area contributed by atoms with Crippen molar-refractivity contribution in [2.45, 2.75) is 32.3 Å². The van der Waals surface area contributed by atoms with E-state index in [2.05, 4.69) is 11.9 Å². The summed E-state index contributed by atoms with van der Waals surface area (Å²) in [7, 11) is 0. The molecule has 1 aliphatic carbocycles. The molecule has 0 aromatic heterocycles. The molecule has 0 aromatic rings. The molecular weight excluding hydrogens is 234 g/mol. The Morgan fingerprint density at radius 3 is 2.78 bits per heavy atom. The minimum atomic E-state index is -0.496. The van der Waals surface area contributed by atoms with Crippen molar-refractivity contribution >= 4 is 11.9 Å². The molecule has 1 fully saturated rings. The van der Waals surface area contributed by atoms with E-state index in [4.69, 9.17) is 9.47 Å². The molecule has 102 valence electrons. The molecule has 1 rings (SSSR count). The Kier molecular flexibility index (Phi) is 6.43. The molecule has 1 N–H and O–H groups in total. The first-order valence-electron chi connectivity index (χ1n) is 6.32. The first kappa shape index (κ1) is 14.7. The highest BCUT2D eigenvalue weighted by Crippen LogP contribution is 2.29. The van der Waals surface area contributed by atoms with Crippen molar-refractivity contribution in [2.75, 3.05) is 19.8 Å². The Balaban J connectivity index is 2.00. The van der Waals surface area contributed by atoms with Gasteiger partial charge in [0.1, 0.15) is 12.7 Å². The quantitative estimate of drug-likeness (QED) is 0.380. The lowest BCUT2D eigenvalue weighted by molar-refractivity contribution is -0.145. The number of ether oxygens (including phenoxy) is 2. The van der Waals surface area contributed by atoms with E-state index in [-0.39, 0.29) is 24.4 Å². The number of carbonyl (C=O) groups excluding carboxylic acids is 2. The summed E-state index contributed by atoms with van der Waals surface area (Å²) in [4.78, 5) is 22.7. The van der Waals surface area contributed by atoms with Gasteiger partial charge in [-0.2, -0.15) is 0 Å². The minimum absolute atomic E-state index is 0.0989. The van der Waals surface area contributed by atoms with Gasteiger partial charge in [-0.15, -0.1) is 6.58 Å². The van der Waals surface area contributed by atoms with E-state index in [1.807, 2.05) is 0 Å². The predicted molar refractivity (Wildman–Crippen MR) is 66.9 cm³/mol. The van der Waals surface area contributed by atoms with Gasteiger partial charge in [0.15, 0.2) is 0 Å². The Morgan fingerprint density at radius 2 is 2.17 bits per heavy atom. The van der Waals surface area contributed by atoms with E-state index in [9.17, 15) is 9.59 Å². The Labute approximate surface area is 108 Å². The van der Waals surface area contributed by atoms with Crippen LogP contribution in [-0.2, 0) is 19.1 Å².